The fraction of sp³-hybridized carbons (Fsp3) is 0.500. The molecule has 0 atom stereocenters. The Labute approximate surface area is 104 Å². The summed E-state index contributed by atoms with van der Waals surface area (Å²) >= 11 is 3.37. The van der Waals surface area contributed by atoms with Gasteiger partial charge in [0.05, 0.1) is 0 Å². The highest BCUT2D eigenvalue weighted by molar-refractivity contribution is 9.09. The van der Waals surface area contributed by atoms with Gasteiger partial charge >= 0.3 is 0 Å². The molecule has 0 saturated carbocycles. The van der Waals surface area contributed by atoms with Crippen LogP contribution in [0.5, 0.6) is 0 Å². The summed E-state index contributed by atoms with van der Waals surface area (Å²) in [5.74, 6) is -0.987. The van der Waals surface area contributed by atoms with E-state index in [1.54, 1.807) is 0 Å². The lowest BCUT2D eigenvalue weighted by molar-refractivity contribution is 0.279. The van der Waals surface area contributed by atoms with Crippen molar-refractivity contribution in [3.8, 4) is 0 Å². The fourth-order valence-corrected chi connectivity index (χ4v) is 2.10. The summed E-state index contributed by atoms with van der Waals surface area (Å²) in [5.41, 5.74) is 0.552. The average molecular weight is 292 g/mol. The molecule has 4 heteroatoms. The first-order chi connectivity index (χ1) is 7.67. The lowest BCUT2D eigenvalue weighted by atomic mass is 10.2. The van der Waals surface area contributed by atoms with Crippen molar-refractivity contribution in [3.05, 3.63) is 35.4 Å². The lowest BCUT2D eigenvalue weighted by Crippen LogP contribution is -2.26. The van der Waals surface area contributed by atoms with Crippen molar-refractivity contribution in [3.63, 3.8) is 0 Å². The van der Waals surface area contributed by atoms with Gasteiger partial charge in [-0.1, -0.05) is 28.9 Å². The van der Waals surface area contributed by atoms with Crippen LogP contribution in [0, 0.1) is 11.6 Å². The maximum Gasteiger partial charge on any atom is 0.130 e. The Morgan fingerprint density at radius 2 is 2.00 bits per heavy atom. The molecule has 0 aliphatic heterocycles. The van der Waals surface area contributed by atoms with Crippen molar-refractivity contribution < 1.29 is 8.78 Å². The highest BCUT2D eigenvalue weighted by Crippen LogP contribution is 2.12. The first-order valence-electron chi connectivity index (χ1n) is 5.39. The Morgan fingerprint density at radius 3 is 2.56 bits per heavy atom. The topological polar surface area (TPSA) is 3.24 Å². The lowest BCUT2D eigenvalue weighted by Gasteiger charge is -2.20. The molecule has 16 heavy (non-hydrogen) atoms. The molecule has 0 aliphatic rings. The van der Waals surface area contributed by atoms with Crippen molar-refractivity contribution in [2.24, 2.45) is 0 Å². The quantitative estimate of drug-likeness (QED) is 0.724. The molecular weight excluding hydrogens is 276 g/mol. The Balaban J connectivity index is 2.68. The molecule has 90 valence electrons. The molecule has 0 saturated heterocycles. The summed E-state index contributed by atoms with van der Waals surface area (Å²) in [6, 6.07) is 3.76. The smallest absolute Gasteiger partial charge is 0.130 e. The summed E-state index contributed by atoms with van der Waals surface area (Å²) in [6.07, 6.45) is 1.02. The zero-order valence-corrected chi connectivity index (χ0v) is 10.9. The van der Waals surface area contributed by atoms with Crippen LogP contribution in [0.4, 0.5) is 8.78 Å². The number of halogens is 3. The third kappa shape index (κ3) is 4.18. The first-order valence-corrected chi connectivity index (χ1v) is 6.51. The zero-order chi connectivity index (χ0) is 12.0. The molecular formula is C12H16BrF2N. The molecule has 0 spiro atoms. The van der Waals surface area contributed by atoms with E-state index in [1.807, 2.05) is 0 Å². The third-order valence-corrected chi connectivity index (χ3v) is 2.70. The van der Waals surface area contributed by atoms with E-state index < -0.39 is 11.6 Å². The van der Waals surface area contributed by atoms with Crippen molar-refractivity contribution >= 4 is 15.9 Å². The normalized spacial score (nSPS) is 11.1. The zero-order valence-electron chi connectivity index (χ0n) is 9.35. The van der Waals surface area contributed by atoms with Crippen LogP contribution in [0.1, 0.15) is 18.9 Å². The highest BCUT2D eigenvalue weighted by atomic mass is 79.9. The molecule has 0 aliphatic carbocycles. The van der Waals surface area contributed by atoms with E-state index in [1.165, 1.54) is 12.1 Å². The Kier molecular flexibility index (Phi) is 5.91. The third-order valence-electron chi connectivity index (χ3n) is 2.35. The molecule has 0 unspecified atom stereocenters. The number of rotatable bonds is 6. The highest BCUT2D eigenvalue weighted by Gasteiger charge is 2.08. The van der Waals surface area contributed by atoms with E-state index in [-0.39, 0.29) is 0 Å². The average Bonchev–Trinajstić information content (AvgIpc) is 2.23. The summed E-state index contributed by atoms with van der Waals surface area (Å²) in [4.78, 5) is 2.14. The van der Waals surface area contributed by atoms with E-state index in [9.17, 15) is 8.78 Å². The van der Waals surface area contributed by atoms with Crippen LogP contribution >= 0.6 is 15.9 Å². The molecule has 1 rings (SSSR count). The van der Waals surface area contributed by atoms with Gasteiger partial charge in [0.2, 0.25) is 0 Å². The van der Waals surface area contributed by atoms with Gasteiger partial charge in [0, 0.05) is 30.0 Å². The predicted molar refractivity (Wildman–Crippen MR) is 65.7 cm³/mol. The second-order valence-corrected chi connectivity index (χ2v) is 4.49. The number of alkyl halides is 1. The second-order valence-electron chi connectivity index (χ2n) is 3.70. The van der Waals surface area contributed by atoms with E-state index in [2.05, 4.69) is 27.8 Å². The Bertz CT molecular complexity index is 325. The van der Waals surface area contributed by atoms with Crippen molar-refractivity contribution in [2.75, 3.05) is 18.4 Å². The van der Waals surface area contributed by atoms with Crippen LogP contribution in [0.3, 0.4) is 0 Å². The summed E-state index contributed by atoms with van der Waals surface area (Å²) < 4.78 is 26.1. The molecule has 1 aromatic carbocycles. The Hall–Kier alpha value is -0.480. The summed E-state index contributed by atoms with van der Waals surface area (Å²) in [5, 5.41) is 0.857. The van der Waals surface area contributed by atoms with Gasteiger partial charge in [-0.15, -0.1) is 0 Å². The Morgan fingerprint density at radius 1 is 1.25 bits per heavy atom. The van der Waals surface area contributed by atoms with Gasteiger partial charge in [-0.3, -0.25) is 4.90 Å². The molecule has 0 fully saturated rings. The predicted octanol–water partition coefficient (Wildman–Crippen LogP) is 3.57. The van der Waals surface area contributed by atoms with Crippen LogP contribution < -0.4 is 0 Å². The SMILES string of the molecule is CCCN(CCBr)Cc1ccc(F)cc1F. The van der Waals surface area contributed by atoms with E-state index >= 15 is 0 Å². The maximum absolute atomic E-state index is 13.4. The van der Waals surface area contributed by atoms with Gasteiger partial charge in [0.15, 0.2) is 0 Å². The second kappa shape index (κ2) is 6.97. The molecule has 0 N–H and O–H groups in total. The van der Waals surface area contributed by atoms with Gasteiger partial charge in [-0.25, -0.2) is 8.78 Å². The van der Waals surface area contributed by atoms with Gasteiger partial charge in [-0.05, 0) is 19.0 Å². The summed E-state index contributed by atoms with van der Waals surface area (Å²) in [6.45, 7) is 4.40. The molecule has 0 aromatic heterocycles. The van der Waals surface area contributed by atoms with Gasteiger partial charge in [-0.2, -0.15) is 0 Å². The summed E-state index contributed by atoms with van der Waals surface area (Å²) in [7, 11) is 0. The van der Waals surface area contributed by atoms with Gasteiger partial charge in [0.25, 0.3) is 0 Å². The van der Waals surface area contributed by atoms with Crippen LogP contribution in [0.2, 0.25) is 0 Å². The van der Waals surface area contributed by atoms with Crippen LogP contribution in [-0.2, 0) is 6.54 Å². The minimum Gasteiger partial charge on any atom is -0.298 e. The molecule has 1 aromatic rings. The molecule has 0 bridgehead atoms. The van der Waals surface area contributed by atoms with Crippen molar-refractivity contribution in [1.82, 2.24) is 4.90 Å². The maximum atomic E-state index is 13.4. The number of hydrogen-bond acceptors (Lipinski definition) is 1. The first kappa shape index (κ1) is 13.6. The molecule has 1 nitrogen and oxygen atoms in total. The van der Waals surface area contributed by atoms with Gasteiger partial charge < -0.3 is 0 Å². The monoisotopic (exact) mass is 291 g/mol. The van der Waals surface area contributed by atoms with Crippen molar-refractivity contribution in [2.45, 2.75) is 19.9 Å². The number of nitrogens with zero attached hydrogens (tertiary/aromatic N) is 1. The number of hydrogen-bond donors (Lipinski definition) is 0. The van der Waals surface area contributed by atoms with E-state index in [0.717, 1.165) is 30.9 Å². The minimum atomic E-state index is -0.524. The van der Waals surface area contributed by atoms with Gasteiger partial charge in [0.1, 0.15) is 11.6 Å². The standard InChI is InChI=1S/C12H16BrF2N/c1-2-6-16(7-5-13)9-10-3-4-11(14)8-12(10)15/h3-4,8H,2,5-7,9H2,1H3. The van der Waals surface area contributed by atoms with Crippen LogP contribution in [0.25, 0.3) is 0 Å². The van der Waals surface area contributed by atoms with E-state index in [0.29, 0.717) is 12.1 Å². The molecule has 0 amide bonds. The van der Waals surface area contributed by atoms with Crippen molar-refractivity contribution in [1.29, 1.82) is 0 Å². The van der Waals surface area contributed by atoms with E-state index in [4.69, 9.17) is 0 Å². The minimum absolute atomic E-state index is 0.462. The molecule has 0 radical (unpaired) electrons. The van der Waals surface area contributed by atoms with Crippen LogP contribution in [-0.4, -0.2) is 23.3 Å². The largest absolute Gasteiger partial charge is 0.298 e. The number of benzene rings is 1. The van der Waals surface area contributed by atoms with Crippen LogP contribution in [0.15, 0.2) is 18.2 Å². The molecule has 0 heterocycles. The fourth-order valence-electron chi connectivity index (χ4n) is 1.60.